The van der Waals surface area contributed by atoms with Gasteiger partial charge in [-0.05, 0) is 85.5 Å². The zero-order valence-electron chi connectivity index (χ0n) is 31.4. The summed E-state index contributed by atoms with van der Waals surface area (Å²) in [4.78, 5) is 15.3. The van der Waals surface area contributed by atoms with Crippen LogP contribution in [0.4, 0.5) is 0 Å². The summed E-state index contributed by atoms with van der Waals surface area (Å²) in [5.41, 5.74) is 11.6. The fraction of sp³-hybridized carbons (Fsp3) is 0.118. The molecule has 0 fully saturated rings. The van der Waals surface area contributed by atoms with E-state index < -0.39 is 0 Å². The zero-order valence-corrected chi connectivity index (χ0v) is 31.4. The van der Waals surface area contributed by atoms with Crippen molar-refractivity contribution in [2.45, 2.75) is 40.0 Å². The Bertz CT molecular complexity index is 2720. The third kappa shape index (κ3) is 5.92. The van der Waals surface area contributed by atoms with E-state index in [0.29, 0.717) is 17.5 Å². The number of aryl methyl sites for hydroxylation is 2. The summed E-state index contributed by atoms with van der Waals surface area (Å²) in [6.45, 7) is 11.0. The van der Waals surface area contributed by atoms with Crippen LogP contribution in [0, 0.1) is 13.8 Å². The topological polar surface area (TPSA) is 38.7 Å². The molecule has 1 aromatic heterocycles. The molecule has 0 saturated heterocycles. The number of hydrogen-bond donors (Lipinski definition) is 0. The maximum Gasteiger partial charge on any atom is 0.164 e. The predicted octanol–water partition coefficient (Wildman–Crippen LogP) is 13.6. The van der Waals surface area contributed by atoms with Gasteiger partial charge in [-0.3, -0.25) is 0 Å². The lowest BCUT2D eigenvalue weighted by Gasteiger charge is -2.21. The SMILES string of the molecule is Cc1ccc(-c2nc(-c3ccc(C)cc3)nc(-c3ccc(-c4c5ccccc5c(-c5ccc(C(C)(C)C)cc5)c5ccccc45)c4ccccc34)n2)cc1. The fourth-order valence-electron chi connectivity index (χ4n) is 7.74. The Kier molecular flexibility index (Phi) is 8.16. The lowest BCUT2D eigenvalue weighted by Crippen LogP contribution is -2.10. The van der Waals surface area contributed by atoms with Crippen LogP contribution in [-0.2, 0) is 5.41 Å². The van der Waals surface area contributed by atoms with E-state index in [2.05, 4.69) is 192 Å². The minimum absolute atomic E-state index is 0.0888. The van der Waals surface area contributed by atoms with Gasteiger partial charge in [-0.25, -0.2) is 15.0 Å². The molecule has 0 radical (unpaired) electrons. The molecule has 0 spiro atoms. The van der Waals surface area contributed by atoms with Gasteiger partial charge in [-0.1, -0.05) is 184 Å². The molecular weight excluding hydrogens is 655 g/mol. The molecule has 3 nitrogen and oxygen atoms in total. The first-order chi connectivity index (χ1) is 26.2. The Morgan fingerprint density at radius 2 is 0.704 bits per heavy atom. The molecule has 54 heavy (non-hydrogen) atoms. The van der Waals surface area contributed by atoms with Crippen LogP contribution in [0.1, 0.15) is 37.5 Å². The third-order valence-corrected chi connectivity index (χ3v) is 10.7. The van der Waals surface area contributed by atoms with Crippen molar-refractivity contribution in [2.24, 2.45) is 0 Å². The van der Waals surface area contributed by atoms with E-state index in [1.807, 2.05) is 0 Å². The molecule has 0 aliphatic heterocycles. The number of aromatic nitrogens is 3. The van der Waals surface area contributed by atoms with Gasteiger partial charge in [0, 0.05) is 16.7 Å². The van der Waals surface area contributed by atoms with E-state index in [9.17, 15) is 0 Å². The molecule has 260 valence electrons. The normalized spacial score (nSPS) is 11.8. The second-order valence-corrected chi connectivity index (χ2v) is 15.4. The molecule has 0 unspecified atom stereocenters. The van der Waals surface area contributed by atoms with Gasteiger partial charge in [0.25, 0.3) is 0 Å². The van der Waals surface area contributed by atoms with E-state index in [-0.39, 0.29) is 5.41 Å². The quantitative estimate of drug-likeness (QED) is 0.168. The van der Waals surface area contributed by atoms with E-state index in [1.165, 1.54) is 60.5 Å². The summed E-state index contributed by atoms with van der Waals surface area (Å²) in [6, 6.07) is 56.8. The van der Waals surface area contributed by atoms with Crippen molar-refractivity contribution in [3.63, 3.8) is 0 Å². The van der Waals surface area contributed by atoms with Crippen molar-refractivity contribution in [3.05, 3.63) is 174 Å². The highest BCUT2D eigenvalue weighted by molar-refractivity contribution is 6.24. The smallest absolute Gasteiger partial charge is 0.164 e. The molecule has 3 heteroatoms. The summed E-state index contributed by atoms with van der Waals surface area (Å²) in [6.07, 6.45) is 0. The van der Waals surface area contributed by atoms with Gasteiger partial charge >= 0.3 is 0 Å². The standard InChI is InChI=1S/C51H41N3/c1-32-18-22-35(23-19-32)48-52-49(36-24-20-33(2)21-25-36)54-50(53-48)45-31-30-44(38-12-6-7-13-39(38)45)47-42-16-10-8-14-40(42)46(41-15-9-11-17-43(41)47)34-26-28-37(29-27-34)51(3,4)5/h6-31H,1-5H3. The lowest BCUT2D eigenvalue weighted by molar-refractivity contribution is 0.590. The molecule has 0 aliphatic rings. The zero-order chi connectivity index (χ0) is 37.0. The van der Waals surface area contributed by atoms with Crippen LogP contribution in [0.3, 0.4) is 0 Å². The first-order valence-electron chi connectivity index (χ1n) is 18.7. The number of benzene rings is 8. The molecule has 8 aromatic carbocycles. The summed E-state index contributed by atoms with van der Waals surface area (Å²) >= 11 is 0. The van der Waals surface area contributed by atoms with E-state index in [0.717, 1.165) is 27.5 Å². The molecule has 0 atom stereocenters. The summed E-state index contributed by atoms with van der Waals surface area (Å²) in [5.74, 6) is 1.97. The second-order valence-electron chi connectivity index (χ2n) is 15.4. The molecule has 0 amide bonds. The van der Waals surface area contributed by atoms with Gasteiger partial charge in [0.05, 0.1) is 0 Å². The van der Waals surface area contributed by atoms with E-state index >= 15 is 0 Å². The first kappa shape index (κ1) is 33.4. The number of nitrogens with zero attached hydrogens (tertiary/aromatic N) is 3. The number of hydrogen-bond acceptors (Lipinski definition) is 3. The summed E-state index contributed by atoms with van der Waals surface area (Å²) < 4.78 is 0. The largest absolute Gasteiger partial charge is 0.208 e. The molecule has 0 aliphatic carbocycles. The van der Waals surface area contributed by atoms with Crippen LogP contribution < -0.4 is 0 Å². The molecule has 0 bridgehead atoms. The van der Waals surface area contributed by atoms with Crippen molar-refractivity contribution in [1.29, 1.82) is 0 Å². The van der Waals surface area contributed by atoms with Crippen LogP contribution in [-0.4, -0.2) is 15.0 Å². The Hall–Kier alpha value is -6.45. The molecule has 0 saturated carbocycles. The number of rotatable bonds is 5. The molecule has 1 heterocycles. The Labute approximate surface area is 317 Å². The van der Waals surface area contributed by atoms with Crippen molar-refractivity contribution in [3.8, 4) is 56.4 Å². The average Bonchev–Trinajstić information content (AvgIpc) is 3.20. The highest BCUT2D eigenvalue weighted by Crippen LogP contribution is 2.46. The molecular formula is C51H41N3. The average molecular weight is 696 g/mol. The Balaban J connectivity index is 1.28. The van der Waals surface area contributed by atoms with Crippen LogP contribution in [0.15, 0.2) is 158 Å². The lowest BCUT2D eigenvalue weighted by atomic mass is 9.83. The maximum atomic E-state index is 5.14. The minimum atomic E-state index is 0.0888. The summed E-state index contributed by atoms with van der Waals surface area (Å²) in [5, 5.41) is 7.19. The Morgan fingerprint density at radius 1 is 0.333 bits per heavy atom. The van der Waals surface area contributed by atoms with Crippen LogP contribution in [0.5, 0.6) is 0 Å². The number of fused-ring (bicyclic) bond motifs is 3. The molecule has 9 rings (SSSR count). The van der Waals surface area contributed by atoms with Crippen LogP contribution in [0.25, 0.3) is 88.7 Å². The second kappa shape index (κ2) is 13.2. The fourth-order valence-corrected chi connectivity index (χ4v) is 7.74. The minimum Gasteiger partial charge on any atom is -0.208 e. The third-order valence-electron chi connectivity index (χ3n) is 10.7. The van der Waals surface area contributed by atoms with Crippen molar-refractivity contribution in [1.82, 2.24) is 15.0 Å². The van der Waals surface area contributed by atoms with Crippen molar-refractivity contribution >= 4 is 32.3 Å². The highest BCUT2D eigenvalue weighted by atomic mass is 15.0. The van der Waals surface area contributed by atoms with Gasteiger partial charge < -0.3 is 0 Å². The van der Waals surface area contributed by atoms with Crippen molar-refractivity contribution < 1.29 is 0 Å². The van der Waals surface area contributed by atoms with Crippen LogP contribution >= 0.6 is 0 Å². The van der Waals surface area contributed by atoms with Gasteiger partial charge in [0.2, 0.25) is 0 Å². The van der Waals surface area contributed by atoms with Gasteiger partial charge in [0.15, 0.2) is 17.5 Å². The molecule has 9 aromatic rings. The van der Waals surface area contributed by atoms with Crippen molar-refractivity contribution in [2.75, 3.05) is 0 Å². The maximum absolute atomic E-state index is 5.14. The van der Waals surface area contributed by atoms with Gasteiger partial charge in [-0.15, -0.1) is 0 Å². The Morgan fingerprint density at radius 3 is 1.17 bits per heavy atom. The van der Waals surface area contributed by atoms with E-state index in [1.54, 1.807) is 0 Å². The molecule has 0 N–H and O–H groups in total. The predicted molar refractivity (Wildman–Crippen MR) is 228 cm³/mol. The van der Waals surface area contributed by atoms with E-state index in [4.69, 9.17) is 15.0 Å². The summed E-state index contributed by atoms with van der Waals surface area (Å²) in [7, 11) is 0. The highest BCUT2D eigenvalue weighted by Gasteiger charge is 2.21. The monoisotopic (exact) mass is 695 g/mol. The van der Waals surface area contributed by atoms with Gasteiger partial charge in [-0.2, -0.15) is 0 Å². The van der Waals surface area contributed by atoms with Gasteiger partial charge in [0.1, 0.15) is 0 Å². The van der Waals surface area contributed by atoms with Crippen LogP contribution in [0.2, 0.25) is 0 Å². The first-order valence-corrected chi connectivity index (χ1v) is 18.7.